The molecule has 1 saturated heterocycles. The van der Waals surface area contributed by atoms with Crippen molar-refractivity contribution in [3.63, 3.8) is 0 Å². The summed E-state index contributed by atoms with van der Waals surface area (Å²) < 4.78 is 5.55. The van der Waals surface area contributed by atoms with Gasteiger partial charge in [0.25, 0.3) is 5.91 Å². The van der Waals surface area contributed by atoms with Crippen LogP contribution in [0.1, 0.15) is 0 Å². The molecule has 0 N–H and O–H groups in total. The molecule has 0 unspecified atom stereocenters. The Labute approximate surface area is 173 Å². The Morgan fingerprint density at radius 2 is 1.72 bits per heavy atom. The number of hydrogen-bond donors (Lipinski definition) is 0. The number of nitrogens with zero attached hydrogens (tertiary/aromatic N) is 5. The Bertz CT molecular complexity index is 960. The molecule has 1 aromatic carbocycles. The number of benzene rings is 1. The first-order valence-corrected chi connectivity index (χ1v) is 9.74. The van der Waals surface area contributed by atoms with Crippen molar-refractivity contribution in [2.24, 2.45) is 0 Å². The van der Waals surface area contributed by atoms with Gasteiger partial charge in [0.05, 0.1) is 10.7 Å². The smallest absolute Gasteiger partial charge is 0.260 e. The number of piperazine rings is 1. The van der Waals surface area contributed by atoms with Crippen LogP contribution in [0.4, 0.5) is 5.82 Å². The van der Waals surface area contributed by atoms with Crippen molar-refractivity contribution >= 4 is 23.3 Å². The van der Waals surface area contributed by atoms with Gasteiger partial charge in [-0.15, -0.1) is 10.2 Å². The maximum absolute atomic E-state index is 12.4. The molecule has 0 spiro atoms. The molecular formula is C21H20ClN5O2. The van der Waals surface area contributed by atoms with Crippen LogP contribution in [0.25, 0.3) is 11.4 Å². The Kier molecular flexibility index (Phi) is 5.86. The number of ether oxygens (including phenoxy) is 1. The van der Waals surface area contributed by atoms with Crippen molar-refractivity contribution in [1.82, 2.24) is 20.1 Å². The lowest BCUT2D eigenvalue weighted by atomic mass is 10.2. The zero-order valence-corrected chi connectivity index (χ0v) is 16.5. The van der Waals surface area contributed by atoms with Crippen LogP contribution >= 0.6 is 11.6 Å². The van der Waals surface area contributed by atoms with E-state index in [0.717, 1.165) is 17.2 Å². The van der Waals surface area contributed by atoms with E-state index in [2.05, 4.69) is 20.1 Å². The average Bonchev–Trinajstić information content (AvgIpc) is 2.79. The van der Waals surface area contributed by atoms with Gasteiger partial charge in [0, 0.05) is 32.4 Å². The summed E-state index contributed by atoms with van der Waals surface area (Å²) in [6, 6.07) is 16.7. The molecule has 0 atom stereocenters. The van der Waals surface area contributed by atoms with Gasteiger partial charge in [-0.1, -0.05) is 29.8 Å². The lowest BCUT2D eigenvalue weighted by Gasteiger charge is -2.35. The molecule has 4 rings (SSSR count). The SMILES string of the molecule is O=C(COc1ccccc1Cl)N1CCN(c2ccc(-c3ccccn3)nn2)CC1. The zero-order valence-electron chi connectivity index (χ0n) is 15.7. The second-order valence-corrected chi connectivity index (χ2v) is 6.99. The lowest BCUT2D eigenvalue weighted by molar-refractivity contribution is -0.133. The van der Waals surface area contributed by atoms with Gasteiger partial charge in [0.2, 0.25) is 0 Å². The second-order valence-electron chi connectivity index (χ2n) is 6.58. The van der Waals surface area contributed by atoms with E-state index >= 15 is 0 Å². The number of hydrogen-bond acceptors (Lipinski definition) is 6. The Balaban J connectivity index is 1.30. The summed E-state index contributed by atoms with van der Waals surface area (Å²) in [4.78, 5) is 20.6. The van der Waals surface area contributed by atoms with Crippen molar-refractivity contribution in [3.8, 4) is 17.1 Å². The molecule has 3 heterocycles. The van der Waals surface area contributed by atoms with Crippen LogP contribution in [-0.4, -0.2) is 58.8 Å². The van der Waals surface area contributed by atoms with Gasteiger partial charge in [-0.25, -0.2) is 0 Å². The van der Waals surface area contributed by atoms with Crippen LogP contribution in [-0.2, 0) is 4.79 Å². The predicted molar refractivity (Wildman–Crippen MR) is 111 cm³/mol. The second kappa shape index (κ2) is 8.87. The van der Waals surface area contributed by atoms with Crippen LogP contribution in [0.2, 0.25) is 5.02 Å². The highest BCUT2D eigenvalue weighted by molar-refractivity contribution is 6.32. The third kappa shape index (κ3) is 4.63. The van der Waals surface area contributed by atoms with E-state index in [0.29, 0.717) is 37.0 Å². The summed E-state index contributed by atoms with van der Waals surface area (Å²) in [6.07, 6.45) is 1.73. The molecule has 0 aliphatic carbocycles. The van der Waals surface area contributed by atoms with Gasteiger partial charge in [0.15, 0.2) is 12.4 Å². The maximum atomic E-state index is 12.4. The molecule has 1 amide bonds. The number of aromatic nitrogens is 3. The fourth-order valence-corrected chi connectivity index (χ4v) is 3.31. The quantitative estimate of drug-likeness (QED) is 0.645. The highest BCUT2D eigenvalue weighted by Gasteiger charge is 2.22. The van der Waals surface area contributed by atoms with Crippen LogP contribution in [0.15, 0.2) is 60.8 Å². The normalized spacial score (nSPS) is 14.0. The Hall–Kier alpha value is -3.19. The Morgan fingerprint density at radius 3 is 2.41 bits per heavy atom. The van der Waals surface area contributed by atoms with Crippen molar-refractivity contribution in [2.45, 2.75) is 0 Å². The average molecular weight is 410 g/mol. The van der Waals surface area contributed by atoms with E-state index in [1.165, 1.54) is 0 Å². The molecule has 0 saturated carbocycles. The molecule has 1 aliphatic rings. The molecule has 8 heteroatoms. The van der Waals surface area contributed by atoms with Gasteiger partial charge in [0.1, 0.15) is 11.4 Å². The molecule has 3 aromatic rings. The Morgan fingerprint density at radius 1 is 0.931 bits per heavy atom. The van der Waals surface area contributed by atoms with E-state index < -0.39 is 0 Å². The van der Waals surface area contributed by atoms with E-state index in [-0.39, 0.29) is 12.5 Å². The molecule has 1 aliphatic heterocycles. The van der Waals surface area contributed by atoms with Gasteiger partial charge in [-0.2, -0.15) is 0 Å². The molecular weight excluding hydrogens is 390 g/mol. The monoisotopic (exact) mass is 409 g/mol. The summed E-state index contributed by atoms with van der Waals surface area (Å²) in [5.41, 5.74) is 1.53. The maximum Gasteiger partial charge on any atom is 0.260 e. The van der Waals surface area contributed by atoms with Crippen molar-refractivity contribution in [2.75, 3.05) is 37.7 Å². The first kappa shape index (κ1) is 19.1. The number of amides is 1. The predicted octanol–water partition coefficient (Wildman–Crippen LogP) is 2.92. The van der Waals surface area contributed by atoms with E-state index in [9.17, 15) is 4.79 Å². The van der Waals surface area contributed by atoms with E-state index in [1.54, 1.807) is 23.2 Å². The fourth-order valence-electron chi connectivity index (χ4n) is 3.12. The highest BCUT2D eigenvalue weighted by Crippen LogP contribution is 2.23. The molecule has 2 aromatic heterocycles. The summed E-state index contributed by atoms with van der Waals surface area (Å²) in [5, 5.41) is 9.11. The van der Waals surface area contributed by atoms with E-state index in [1.807, 2.05) is 42.5 Å². The standard InChI is InChI=1S/C21H20ClN5O2/c22-16-5-1-2-7-19(16)29-15-21(28)27-13-11-26(12-14-27)20-9-8-18(24-25-20)17-6-3-4-10-23-17/h1-10H,11-15H2. The number of pyridine rings is 1. The summed E-state index contributed by atoms with van der Waals surface area (Å²) in [7, 11) is 0. The zero-order chi connectivity index (χ0) is 20.1. The van der Waals surface area contributed by atoms with Crippen LogP contribution < -0.4 is 9.64 Å². The van der Waals surface area contributed by atoms with Crippen LogP contribution in [0.5, 0.6) is 5.75 Å². The van der Waals surface area contributed by atoms with Crippen molar-refractivity contribution in [3.05, 3.63) is 65.8 Å². The number of para-hydroxylation sites is 1. The van der Waals surface area contributed by atoms with Crippen LogP contribution in [0, 0.1) is 0 Å². The number of anilines is 1. The van der Waals surface area contributed by atoms with Gasteiger partial charge >= 0.3 is 0 Å². The molecule has 0 radical (unpaired) electrons. The minimum Gasteiger partial charge on any atom is -0.482 e. The van der Waals surface area contributed by atoms with Gasteiger partial charge in [-0.05, 0) is 36.4 Å². The fraction of sp³-hybridized carbons (Fsp3) is 0.238. The number of carbonyl (C=O) groups excluding carboxylic acids is 1. The third-order valence-corrected chi connectivity index (χ3v) is 5.03. The third-order valence-electron chi connectivity index (χ3n) is 4.72. The minimum atomic E-state index is -0.0545. The molecule has 29 heavy (non-hydrogen) atoms. The van der Waals surface area contributed by atoms with Crippen LogP contribution in [0.3, 0.4) is 0 Å². The van der Waals surface area contributed by atoms with E-state index in [4.69, 9.17) is 16.3 Å². The minimum absolute atomic E-state index is 0.0255. The molecule has 0 bridgehead atoms. The topological polar surface area (TPSA) is 71.5 Å². The van der Waals surface area contributed by atoms with Gasteiger partial charge < -0.3 is 14.5 Å². The molecule has 7 nitrogen and oxygen atoms in total. The lowest BCUT2D eigenvalue weighted by Crippen LogP contribution is -2.50. The number of carbonyl (C=O) groups is 1. The first-order valence-electron chi connectivity index (χ1n) is 9.36. The largest absolute Gasteiger partial charge is 0.482 e. The molecule has 148 valence electrons. The summed E-state index contributed by atoms with van der Waals surface area (Å²) in [6.45, 7) is 2.57. The molecule has 1 fully saturated rings. The number of halogens is 1. The summed E-state index contributed by atoms with van der Waals surface area (Å²) in [5.74, 6) is 1.26. The number of rotatable bonds is 5. The van der Waals surface area contributed by atoms with Gasteiger partial charge in [-0.3, -0.25) is 9.78 Å². The summed E-state index contributed by atoms with van der Waals surface area (Å²) >= 11 is 6.06. The highest BCUT2D eigenvalue weighted by atomic mass is 35.5. The first-order chi connectivity index (χ1) is 14.2. The van der Waals surface area contributed by atoms with Crippen molar-refractivity contribution < 1.29 is 9.53 Å². The van der Waals surface area contributed by atoms with Crippen molar-refractivity contribution in [1.29, 1.82) is 0 Å².